The van der Waals surface area contributed by atoms with Crippen LogP contribution in [0.4, 0.5) is 0 Å². The Morgan fingerprint density at radius 2 is 1.90 bits per heavy atom. The molecule has 4 heteroatoms. The van der Waals surface area contributed by atoms with E-state index in [-0.39, 0.29) is 5.91 Å². The Hall–Kier alpha value is -1.29. The van der Waals surface area contributed by atoms with E-state index in [1.807, 2.05) is 23.1 Å². The fourth-order valence-corrected chi connectivity index (χ4v) is 3.87. The average Bonchev–Trinajstić information content (AvgIpc) is 2.88. The maximum absolute atomic E-state index is 12.1. The molecular formula is C16H20N2OS. The zero-order valence-electron chi connectivity index (χ0n) is 11.6. The van der Waals surface area contributed by atoms with Crippen molar-refractivity contribution in [2.75, 3.05) is 5.75 Å². The van der Waals surface area contributed by atoms with Gasteiger partial charge < -0.3 is 0 Å². The van der Waals surface area contributed by atoms with Gasteiger partial charge in [0.25, 0.3) is 0 Å². The van der Waals surface area contributed by atoms with Crippen molar-refractivity contribution in [3.8, 4) is 0 Å². The number of carbonyl (C=O) groups is 1. The first-order chi connectivity index (χ1) is 9.84. The standard InChI is InChI=1S/C16H20N2OS/c19-15-12-20-16(17-11-13-7-3-1-4-8-13)18(15)14-9-5-2-6-10-14/h1,3-4,7-8,14H,2,5-6,9-12H2. The Bertz CT molecular complexity index is 494. The highest BCUT2D eigenvalue weighted by molar-refractivity contribution is 8.15. The van der Waals surface area contributed by atoms with E-state index in [0.29, 0.717) is 18.3 Å². The van der Waals surface area contributed by atoms with Crippen LogP contribution in [0.2, 0.25) is 0 Å². The molecule has 1 aliphatic carbocycles. The molecule has 1 aromatic rings. The quantitative estimate of drug-likeness (QED) is 0.853. The van der Waals surface area contributed by atoms with Crippen LogP contribution >= 0.6 is 11.8 Å². The Morgan fingerprint density at radius 3 is 2.65 bits per heavy atom. The molecule has 0 unspecified atom stereocenters. The SMILES string of the molecule is O=C1CSC(=NCc2ccccc2)N1C1CCCCC1. The van der Waals surface area contributed by atoms with Crippen LogP contribution in [-0.4, -0.2) is 27.8 Å². The maximum Gasteiger partial charge on any atom is 0.239 e. The number of amides is 1. The van der Waals surface area contributed by atoms with Crippen molar-refractivity contribution in [3.63, 3.8) is 0 Å². The molecule has 2 aliphatic rings. The summed E-state index contributed by atoms with van der Waals surface area (Å²) in [5.41, 5.74) is 1.20. The molecule has 2 fully saturated rings. The lowest BCUT2D eigenvalue weighted by molar-refractivity contribution is -0.126. The third-order valence-corrected chi connectivity index (χ3v) is 4.95. The van der Waals surface area contributed by atoms with Crippen LogP contribution < -0.4 is 0 Å². The van der Waals surface area contributed by atoms with Crippen LogP contribution in [0.5, 0.6) is 0 Å². The van der Waals surface area contributed by atoms with E-state index in [4.69, 9.17) is 0 Å². The van der Waals surface area contributed by atoms with Gasteiger partial charge in [-0.05, 0) is 18.4 Å². The van der Waals surface area contributed by atoms with Crippen molar-refractivity contribution < 1.29 is 4.79 Å². The Balaban J connectivity index is 1.72. The summed E-state index contributed by atoms with van der Waals surface area (Å²) in [4.78, 5) is 18.8. The zero-order valence-corrected chi connectivity index (χ0v) is 12.4. The van der Waals surface area contributed by atoms with Crippen LogP contribution in [0, 0.1) is 0 Å². The van der Waals surface area contributed by atoms with E-state index in [1.54, 1.807) is 11.8 Å². The molecule has 0 spiro atoms. The van der Waals surface area contributed by atoms with Crippen molar-refractivity contribution in [2.24, 2.45) is 4.99 Å². The molecule has 1 saturated carbocycles. The summed E-state index contributed by atoms with van der Waals surface area (Å²) < 4.78 is 0. The summed E-state index contributed by atoms with van der Waals surface area (Å²) in [5.74, 6) is 0.804. The molecule has 1 amide bonds. The number of hydrogen-bond acceptors (Lipinski definition) is 3. The van der Waals surface area contributed by atoms with Crippen molar-refractivity contribution in [1.29, 1.82) is 0 Å². The number of carbonyl (C=O) groups excluding carboxylic acids is 1. The molecule has 3 nitrogen and oxygen atoms in total. The number of thioether (sulfide) groups is 1. The predicted molar refractivity (Wildman–Crippen MR) is 83.8 cm³/mol. The highest BCUT2D eigenvalue weighted by atomic mass is 32.2. The minimum atomic E-state index is 0.244. The molecule has 106 valence electrons. The molecule has 0 aromatic heterocycles. The van der Waals surface area contributed by atoms with Gasteiger partial charge in [0, 0.05) is 6.04 Å². The Kier molecular flexibility index (Phi) is 4.41. The van der Waals surface area contributed by atoms with Crippen molar-refractivity contribution in [3.05, 3.63) is 35.9 Å². The number of aliphatic imine (C=N–C) groups is 1. The van der Waals surface area contributed by atoms with Crippen molar-refractivity contribution in [2.45, 2.75) is 44.7 Å². The molecule has 0 atom stereocenters. The molecule has 1 aromatic carbocycles. The molecule has 3 rings (SSSR count). The van der Waals surface area contributed by atoms with E-state index in [2.05, 4.69) is 17.1 Å². The first-order valence-corrected chi connectivity index (χ1v) is 8.36. The van der Waals surface area contributed by atoms with Crippen LogP contribution in [0.25, 0.3) is 0 Å². The van der Waals surface area contributed by atoms with Crippen LogP contribution in [0.1, 0.15) is 37.7 Å². The van der Waals surface area contributed by atoms with E-state index in [0.717, 1.165) is 18.0 Å². The predicted octanol–water partition coefficient (Wildman–Crippen LogP) is 3.45. The topological polar surface area (TPSA) is 32.7 Å². The third-order valence-electron chi connectivity index (χ3n) is 3.98. The molecule has 1 heterocycles. The molecule has 0 radical (unpaired) electrons. The highest BCUT2D eigenvalue weighted by Crippen LogP contribution is 2.30. The zero-order chi connectivity index (χ0) is 13.8. The van der Waals surface area contributed by atoms with Gasteiger partial charge in [0.1, 0.15) is 0 Å². The fourth-order valence-electron chi connectivity index (χ4n) is 2.94. The van der Waals surface area contributed by atoms with E-state index >= 15 is 0 Å². The van der Waals surface area contributed by atoms with Crippen LogP contribution in [-0.2, 0) is 11.3 Å². The van der Waals surface area contributed by atoms with E-state index in [9.17, 15) is 4.79 Å². The van der Waals surface area contributed by atoms with Gasteiger partial charge in [0.2, 0.25) is 5.91 Å². The highest BCUT2D eigenvalue weighted by Gasteiger charge is 2.34. The Labute approximate surface area is 124 Å². The minimum Gasteiger partial charge on any atom is -0.288 e. The summed E-state index contributed by atoms with van der Waals surface area (Å²) in [6.07, 6.45) is 6.06. The fraction of sp³-hybridized carbons (Fsp3) is 0.500. The molecular weight excluding hydrogens is 268 g/mol. The first kappa shape index (κ1) is 13.7. The smallest absolute Gasteiger partial charge is 0.239 e. The maximum atomic E-state index is 12.1. The second kappa shape index (κ2) is 6.44. The molecule has 0 bridgehead atoms. The van der Waals surface area contributed by atoms with Gasteiger partial charge >= 0.3 is 0 Å². The second-order valence-electron chi connectivity index (χ2n) is 5.43. The largest absolute Gasteiger partial charge is 0.288 e. The molecule has 0 N–H and O–H groups in total. The second-order valence-corrected chi connectivity index (χ2v) is 6.37. The molecule has 1 saturated heterocycles. The number of rotatable bonds is 3. The van der Waals surface area contributed by atoms with Crippen molar-refractivity contribution in [1.82, 2.24) is 4.90 Å². The summed E-state index contributed by atoms with van der Waals surface area (Å²) in [5, 5.41) is 0.936. The van der Waals surface area contributed by atoms with Crippen LogP contribution in [0.3, 0.4) is 0 Å². The molecule has 1 aliphatic heterocycles. The summed E-state index contributed by atoms with van der Waals surface area (Å²) in [7, 11) is 0. The van der Waals surface area contributed by atoms with Gasteiger partial charge in [-0.15, -0.1) is 0 Å². The molecule has 20 heavy (non-hydrogen) atoms. The monoisotopic (exact) mass is 288 g/mol. The van der Waals surface area contributed by atoms with E-state index in [1.165, 1.54) is 24.8 Å². The van der Waals surface area contributed by atoms with Gasteiger partial charge in [-0.25, -0.2) is 0 Å². The van der Waals surface area contributed by atoms with Crippen molar-refractivity contribution >= 4 is 22.8 Å². The van der Waals surface area contributed by atoms with Gasteiger partial charge in [-0.2, -0.15) is 0 Å². The Morgan fingerprint density at radius 1 is 1.15 bits per heavy atom. The number of benzene rings is 1. The lowest BCUT2D eigenvalue weighted by atomic mass is 9.94. The summed E-state index contributed by atoms with van der Waals surface area (Å²) in [6.45, 7) is 0.666. The normalized spacial score (nSPS) is 22.7. The number of amidine groups is 1. The van der Waals surface area contributed by atoms with Gasteiger partial charge in [0.15, 0.2) is 5.17 Å². The van der Waals surface area contributed by atoms with Gasteiger partial charge in [0.05, 0.1) is 12.3 Å². The van der Waals surface area contributed by atoms with Crippen LogP contribution in [0.15, 0.2) is 35.3 Å². The van der Waals surface area contributed by atoms with E-state index < -0.39 is 0 Å². The lowest BCUT2D eigenvalue weighted by Gasteiger charge is -2.30. The number of nitrogens with zero attached hydrogens (tertiary/aromatic N) is 2. The van der Waals surface area contributed by atoms with Gasteiger partial charge in [-0.1, -0.05) is 61.4 Å². The summed E-state index contributed by atoms with van der Waals surface area (Å²) in [6, 6.07) is 10.6. The van der Waals surface area contributed by atoms with Gasteiger partial charge in [-0.3, -0.25) is 14.7 Å². The lowest BCUT2D eigenvalue weighted by Crippen LogP contribution is -2.40. The minimum absolute atomic E-state index is 0.244. The first-order valence-electron chi connectivity index (χ1n) is 7.38. The number of hydrogen-bond donors (Lipinski definition) is 0. The summed E-state index contributed by atoms with van der Waals surface area (Å²) >= 11 is 1.60. The third kappa shape index (κ3) is 3.06. The average molecular weight is 288 g/mol.